The van der Waals surface area contributed by atoms with Crippen LogP contribution in [0.2, 0.25) is 10.0 Å². The van der Waals surface area contributed by atoms with E-state index in [1.165, 1.54) is 44.2 Å². The summed E-state index contributed by atoms with van der Waals surface area (Å²) in [6.45, 7) is 2.74. The number of ether oxygens (including phenoxy) is 1. The van der Waals surface area contributed by atoms with Gasteiger partial charge in [0.05, 0.1) is 10.6 Å². The number of carboxylic acids is 1. The van der Waals surface area contributed by atoms with E-state index < -0.39 is 23.3 Å². The maximum atomic E-state index is 12.7. The topological polar surface area (TPSA) is 76.7 Å². The molecule has 1 aromatic heterocycles. The molecule has 0 aliphatic heterocycles. The average molecular weight is 515 g/mol. The molecule has 0 radical (unpaired) electrons. The molecule has 0 unspecified atom stereocenters. The van der Waals surface area contributed by atoms with Gasteiger partial charge in [-0.2, -0.15) is 13.2 Å². The Morgan fingerprint density at radius 2 is 1.62 bits per heavy atom. The first-order valence-corrected chi connectivity index (χ1v) is 10.7. The summed E-state index contributed by atoms with van der Waals surface area (Å²) in [5.74, 6) is -1.09. The SMILES string of the molecule is CC(C)(Oc1ccc(CCC(=O)c2ccc(-c3ccc(C(F)(F)F)cc3)o2)c(Cl)c1Cl)C(=O)O. The molecule has 0 aliphatic carbocycles. The molecular formula is C24H19Cl2F3O5. The Morgan fingerprint density at radius 3 is 2.21 bits per heavy atom. The first-order valence-electron chi connectivity index (χ1n) is 9.99. The first kappa shape index (κ1) is 25.6. The number of hydrogen-bond donors (Lipinski definition) is 1. The maximum absolute atomic E-state index is 12.7. The average Bonchev–Trinajstić information content (AvgIpc) is 3.26. The number of aryl methyl sites for hydroxylation is 1. The van der Waals surface area contributed by atoms with Gasteiger partial charge in [-0.25, -0.2) is 4.79 Å². The molecule has 10 heteroatoms. The Balaban J connectivity index is 1.68. The minimum absolute atomic E-state index is 0.0246. The van der Waals surface area contributed by atoms with Crippen LogP contribution in [0.15, 0.2) is 52.9 Å². The third-order valence-corrected chi connectivity index (χ3v) is 5.91. The van der Waals surface area contributed by atoms with Crippen LogP contribution in [0.4, 0.5) is 13.2 Å². The van der Waals surface area contributed by atoms with Crippen molar-refractivity contribution in [2.45, 2.75) is 38.5 Å². The molecule has 34 heavy (non-hydrogen) atoms. The van der Waals surface area contributed by atoms with E-state index in [4.69, 9.17) is 32.4 Å². The fraction of sp³-hybridized carbons (Fsp3) is 0.250. The van der Waals surface area contributed by atoms with E-state index in [0.29, 0.717) is 11.1 Å². The molecule has 1 N–H and O–H groups in total. The largest absolute Gasteiger partial charge is 0.478 e. The molecule has 3 aromatic rings. The van der Waals surface area contributed by atoms with Crippen molar-refractivity contribution < 1.29 is 37.0 Å². The zero-order valence-corrected chi connectivity index (χ0v) is 19.5. The second-order valence-electron chi connectivity index (χ2n) is 7.93. The van der Waals surface area contributed by atoms with Crippen LogP contribution >= 0.6 is 23.2 Å². The molecule has 5 nitrogen and oxygen atoms in total. The van der Waals surface area contributed by atoms with E-state index >= 15 is 0 Å². The monoisotopic (exact) mass is 514 g/mol. The molecule has 1 heterocycles. The summed E-state index contributed by atoms with van der Waals surface area (Å²) in [5.41, 5.74) is -1.34. The third-order valence-electron chi connectivity index (χ3n) is 5.01. The maximum Gasteiger partial charge on any atom is 0.416 e. The molecule has 2 aromatic carbocycles. The van der Waals surface area contributed by atoms with Crippen LogP contribution < -0.4 is 4.74 Å². The highest BCUT2D eigenvalue weighted by molar-refractivity contribution is 6.43. The molecule has 0 aliphatic rings. The van der Waals surface area contributed by atoms with Crippen LogP contribution in [0.1, 0.15) is 41.9 Å². The van der Waals surface area contributed by atoms with Crippen LogP contribution in [0.25, 0.3) is 11.3 Å². The number of carbonyl (C=O) groups is 2. The van der Waals surface area contributed by atoms with Gasteiger partial charge in [-0.05, 0) is 56.2 Å². The van der Waals surface area contributed by atoms with Crippen LogP contribution in [-0.2, 0) is 17.4 Å². The first-order chi connectivity index (χ1) is 15.8. The van der Waals surface area contributed by atoms with Crippen molar-refractivity contribution >= 4 is 35.0 Å². The Bertz CT molecular complexity index is 1210. The lowest BCUT2D eigenvalue weighted by molar-refractivity contribution is -0.152. The summed E-state index contributed by atoms with van der Waals surface area (Å²) >= 11 is 12.5. The van der Waals surface area contributed by atoms with Crippen LogP contribution in [-0.4, -0.2) is 22.5 Å². The number of ketones is 1. The number of rotatable bonds is 8. The van der Waals surface area contributed by atoms with E-state index in [1.807, 2.05) is 0 Å². The summed E-state index contributed by atoms with van der Waals surface area (Å²) in [4.78, 5) is 23.8. The summed E-state index contributed by atoms with van der Waals surface area (Å²) < 4.78 is 49.1. The number of carbonyl (C=O) groups excluding carboxylic acids is 1. The fourth-order valence-electron chi connectivity index (χ4n) is 3.00. The summed E-state index contributed by atoms with van der Waals surface area (Å²) in [5, 5.41) is 9.37. The molecule has 0 saturated carbocycles. The van der Waals surface area contributed by atoms with Crippen LogP contribution in [0.3, 0.4) is 0 Å². The van der Waals surface area contributed by atoms with Gasteiger partial charge >= 0.3 is 12.1 Å². The zero-order chi connectivity index (χ0) is 25.3. The van der Waals surface area contributed by atoms with Gasteiger partial charge in [0.2, 0.25) is 0 Å². The molecule has 0 fully saturated rings. The third kappa shape index (κ3) is 5.74. The molecule has 0 bridgehead atoms. The predicted molar refractivity (Wildman–Crippen MR) is 121 cm³/mol. The van der Waals surface area contributed by atoms with Gasteiger partial charge < -0.3 is 14.3 Å². The van der Waals surface area contributed by atoms with Crippen molar-refractivity contribution in [3.05, 3.63) is 75.5 Å². The molecule has 0 amide bonds. The lowest BCUT2D eigenvalue weighted by Gasteiger charge is -2.23. The van der Waals surface area contributed by atoms with E-state index in [0.717, 1.165) is 12.1 Å². The van der Waals surface area contributed by atoms with E-state index in [-0.39, 0.29) is 45.9 Å². The molecule has 3 rings (SSSR count). The Morgan fingerprint density at radius 1 is 0.971 bits per heavy atom. The number of hydrogen-bond acceptors (Lipinski definition) is 4. The van der Waals surface area contributed by atoms with Crippen molar-refractivity contribution in [1.82, 2.24) is 0 Å². The van der Waals surface area contributed by atoms with Gasteiger partial charge in [0, 0.05) is 12.0 Å². The molecule has 180 valence electrons. The van der Waals surface area contributed by atoms with Crippen LogP contribution in [0, 0.1) is 0 Å². The molecule has 0 saturated heterocycles. The standard InChI is InChI=1S/C24H19Cl2F3O5/c1-23(2,22(31)32)34-19-10-6-14(20(25)21(19)26)5-9-16(30)18-12-11-17(33-18)13-3-7-15(8-4-13)24(27,28)29/h3-4,6-8,10-12H,5,9H2,1-2H3,(H,31,32). The van der Waals surface area contributed by atoms with Crippen molar-refractivity contribution in [2.75, 3.05) is 0 Å². The Kier molecular flexibility index (Phi) is 7.33. The second-order valence-corrected chi connectivity index (χ2v) is 8.69. The van der Waals surface area contributed by atoms with Gasteiger partial charge in [0.15, 0.2) is 17.1 Å². The van der Waals surface area contributed by atoms with Gasteiger partial charge in [-0.1, -0.05) is 41.4 Å². The minimum Gasteiger partial charge on any atom is -0.478 e. The highest BCUT2D eigenvalue weighted by atomic mass is 35.5. The summed E-state index contributed by atoms with van der Waals surface area (Å²) in [7, 11) is 0. The number of Topliss-reactive ketones (excluding diaryl/α,β-unsaturated/α-hetero) is 1. The lowest BCUT2D eigenvalue weighted by Crippen LogP contribution is -2.38. The highest BCUT2D eigenvalue weighted by Crippen LogP contribution is 2.37. The van der Waals surface area contributed by atoms with Crippen molar-refractivity contribution in [3.8, 4) is 17.1 Å². The van der Waals surface area contributed by atoms with E-state index in [2.05, 4.69) is 0 Å². The van der Waals surface area contributed by atoms with Crippen molar-refractivity contribution in [2.24, 2.45) is 0 Å². The Labute approximate surface area is 203 Å². The quantitative estimate of drug-likeness (QED) is 0.318. The van der Waals surface area contributed by atoms with Crippen molar-refractivity contribution in [1.29, 1.82) is 0 Å². The number of aliphatic carboxylic acids is 1. The van der Waals surface area contributed by atoms with Gasteiger partial charge in [-0.3, -0.25) is 4.79 Å². The summed E-state index contributed by atoms with van der Waals surface area (Å²) in [6, 6.07) is 10.5. The Hall–Kier alpha value is -2.97. The van der Waals surface area contributed by atoms with Gasteiger partial charge in [0.1, 0.15) is 16.5 Å². The zero-order valence-electron chi connectivity index (χ0n) is 18.0. The van der Waals surface area contributed by atoms with Gasteiger partial charge in [0.25, 0.3) is 0 Å². The summed E-state index contributed by atoms with van der Waals surface area (Å²) in [6.07, 6.45) is -4.20. The second kappa shape index (κ2) is 9.72. The van der Waals surface area contributed by atoms with Crippen LogP contribution in [0.5, 0.6) is 5.75 Å². The fourth-order valence-corrected chi connectivity index (χ4v) is 3.47. The number of furan rings is 1. The molecule has 0 atom stereocenters. The molecule has 0 spiro atoms. The molecular weight excluding hydrogens is 496 g/mol. The predicted octanol–water partition coefficient (Wildman–Crippen LogP) is 7.33. The number of halogens is 5. The van der Waals surface area contributed by atoms with E-state index in [9.17, 15) is 27.9 Å². The van der Waals surface area contributed by atoms with Crippen molar-refractivity contribution in [3.63, 3.8) is 0 Å². The lowest BCUT2D eigenvalue weighted by atomic mass is 10.1. The van der Waals surface area contributed by atoms with E-state index in [1.54, 1.807) is 6.07 Å². The smallest absolute Gasteiger partial charge is 0.416 e. The minimum atomic E-state index is -4.44. The normalized spacial score (nSPS) is 12.0. The highest BCUT2D eigenvalue weighted by Gasteiger charge is 2.31. The number of benzene rings is 2. The number of alkyl halides is 3. The number of carboxylic acid groups (broad SMARTS) is 1. The van der Waals surface area contributed by atoms with Gasteiger partial charge in [-0.15, -0.1) is 0 Å².